The van der Waals surface area contributed by atoms with E-state index < -0.39 is 0 Å². The molecule has 2 N–H and O–H groups in total. The molecule has 0 radical (unpaired) electrons. The molecule has 2 aromatic rings. The van der Waals surface area contributed by atoms with Crippen LogP contribution in [0.1, 0.15) is 0 Å². The van der Waals surface area contributed by atoms with Crippen molar-refractivity contribution >= 4 is 29.1 Å². The fourth-order valence-electron chi connectivity index (χ4n) is 1.01. The van der Waals surface area contributed by atoms with E-state index in [9.17, 15) is 0 Å². The molecule has 0 spiro atoms. The van der Waals surface area contributed by atoms with Crippen LogP contribution in [0.2, 0.25) is 5.02 Å². The third-order valence-electron chi connectivity index (χ3n) is 1.67. The molecule has 0 aromatic carbocycles. The third kappa shape index (κ3) is 2.84. The van der Waals surface area contributed by atoms with Gasteiger partial charge in [0, 0.05) is 18.1 Å². The normalized spacial score (nSPS) is 10.2. The second kappa shape index (κ2) is 4.51. The first-order valence-corrected chi connectivity index (χ1v) is 5.44. The van der Waals surface area contributed by atoms with Gasteiger partial charge in [0.05, 0.1) is 5.02 Å². The van der Waals surface area contributed by atoms with Crippen molar-refractivity contribution in [2.75, 3.05) is 5.73 Å². The summed E-state index contributed by atoms with van der Waals surface area (Å²) in [6.45, 7) is 0. The van der Waals surface area contributed by atoms with Crippen LogP contribution in [0.25, 0.3) is 0 Å². The maximum absolute atomic E-state index is 5.73. The summed E-state index contributed by atoms with van der Waals surface area (Å²) >= 11 is 7.18. The summed E-state index contributed by atoms with van der Waals surface area (Å²) in [6.07, 6.45) is 3.28. The molecule has 3 nitrogen and oxygen atoms in total. The van der Waals surface area contributed by atoms with Crippen LogP contribution in [0.3, 0.4) is 0 Å². The molecule has 2 heterocycles. The van der Waals surface area contributed by atoms with E-state index in [1.165, 1.54) is 11.8 Å². The fraction of sp³-hybridized carbons (Fsp3) is 0. The Hall–Kier alpha value is -1.26. The molecule has 0 fully saturated rings. The minimum absolute atomic E-state index is 0.625. The van der Waals surface area contributed by atoms with E-state index in [0.29, 0.717) is 10.7 Å². The zero-order chi connectivity index (χ0) is 10.7. The standard InChI is InChI=1S/C10H8ClN3S/c11-7-1-2-9(14-6-7)15-10-5-8(12)3-4-13-10/h1-6H,(H2,12,13). The molecule has 0 aliphatic carbocycles. The first kappa shape index (κ1) is 10.3. The average molecular weight is 238 g/mol. The Bertz CT molecular complexity index is 458. The topological polar surface area (TPSA) is 51.8 Å². The van der Waals surface area contributed by atoms with Gasteiger partial charge in [0.1, 0.15) is 10.1 Å². The molecule has 0 saturated heterocycles. The number of halogens is 1. The summed E-state index contributed by atoms with van der Waals surface area (Å²) < 4.78 is 0. The molecule has 0 amide bonds. The van der Waals surface area contributed by atoms with Gasteiger partial charge in [0.15, 0.2) is 0 Å². The highest BCUT2D eigenvalue weighted by molar-refractivity contribution is 7.99. The zero-order valence-corrected chi connectivity index (χ0v) is 9.29. The van der Waals surface area contributed by atoms with E-state index in [1.54, 1.807) is 30.6 Å². The summed E-state index contributed by atoms with van der Waals surface area (Å²) in [5.74, 6) is 0. The van der Waals surface area contributed by atoms with E-state index >= 15 is 0 Å². The third-order valence-corrected chi connectivity index (χ3v) is 2.77. The van der Waals surface area contributed by atoms with Crippen LogP contribution in [0, 0.1) is 0 Å². The van der Waals surface area contributed by atoms with Gasteiger partial charge in [0.2, 0.25) is 0 Å². The highest BCUT2D eigenvalue weighted by atomic mass is 35.5. The van der Waals surface area contributed by atoms with Crippen molar-refractivity contribution < 1.29 is 0 Å². The maximum atomic E-state index is 5.73. The molecule has 0 saturated carbocycles. The van der Waals surface area contributed by atoms with E-state index in [2.05, 4.69) is 9.97 Å². The van der Waals surface area contributed by atoms with Crippen molar-refractivity contribution in [3.05, 3.63) is 41.7 Å². The van der Waals surface area contributed by atoms with Crippen LogP contribution in [0.5, 0.6) is 0 Å². The Balaban J connectivity index is 2.18. The Labute approximate surface area is 96.7 Å². The van der Waals surface area contributed by atoms with Crippen molar-refractivity contribution in [2.45, 2.75) is 10.1 Å². The van der Waals surface area contributed by atoms with Crippen molar-refractivity contribution in [2.24, 2.45) is 0 Å². The summed E-state index contributed by atoms with van der Waals surface area (Å²) in [7, 11) is 0. The largest absolute Gasteiger partial charge is 0.399 e. The van der Waals surface area contributed by atoms with Gasteiger partial charge in [-0.3, -0.25) is 0 Å². The zero-order valence-electron chi connectivity index (χ0n) is 7.72. The molecular weight excluding hydrogens is 230 g/mol. The van der Waals surface area contributed by atoms with Crippen molar-refractivity contribution in [3.63, 3.8) is 0 Å². The van der Waals surface area contributed by atoms with Gasteiger partial charge >= 0.3 is 0 Å². The Morgan fingerprint density at radius 3 is 2.67 bits per heavy atom. The van der Waals surface area contributed by atoms with Crippen LogP contribution in [0.15, 0.2) is 46.7 Å². The number of nitrogens with zero attached hydrogens (tertiary/aromatic N) is 2. The average Bonchev–Trinajstić information content (AvgIpc) is 2.22. The van der Waals surface area contributed by atoms with E-state index in [0.717, 1.165) is 10.1 Å². The van der Waals surface area contributed by atoms with Gasteiger partial charge in [0.25, 0.3) is 0 Å². The Morgan fingerprint density at radius 1 is 1.13 bits per heavy atom. The molecule has 0 atom stereocenters. The summed E-state index contributed by atoms with van der Waals surface area (Å²) in [4.78, 5) is 8.32. The smallest absolute Gasteiger partial charge is 0.104 e. The number of nitrogen functional groups attached to an aromatic ring is 1. The Morgan fingerprint density at radius 2 is 2.00 bits per heavy atom. The molecule has 76 valence electrons. The van der Waals surface area contributed by atoms with Gasteiger partial charge in [-0.25, -0.2) is 9.97 Å². The quantitative estimate of drug-likeness (QED) is 0.873. The van der Waals surface area contributed by atoms with Gasteiger partial charge in [-0.15, -0.1) is 0 Å². The highest BCUT2D eigenvalue weighted by Crippen LogP contribution is 2.25. The molecule has 0 bridgehead atoms. The minimum Gasteiger partial charge on any atom is -0.399 e. The van der Waals surface area contributed by atoms with Crippen molar-refractivity contribution in [1.82, 2.24) is 9.97 Å². The molecule has 0 aliphatic rings. The summed E-state index contributed by atoms with van der Waals surface area (Å²) in [5.41, 5.74) is 6.34. The molecule has 15 heavy (non-hydrogen) atoms. The van der Waals surface area contributed by atoms with Crippen molar-refractivity contribution in [3.8, 4) is 0 Å². The molecule has 2 rings (SSSR count). The molecule has 0 aliphatic heterocycles. The second-order valence-corrected chi connectivity index (χ2v) is 4.32. The lowest BCUT2D eigenvalue weighted by atomic mass is 10.4. The van der Waals surface area contributed by atoms with Crippen LogP contribution in [-0.2, 0) is 0 Å². The number of nitrogens with two attached hydrogens (primary N) is 1. The molecule has 5 heteroatoms. The number of hydrogen-bond donors (Lipinski definition) is 1. The maximum Gasteiger partial charge on any atom is 0.104 e. The lowest BCUT2D eigenvalue weighted by Crippen LogP contribution is -1.87. The van der Waals surface area contributed by atoms with Crippen LogP contribution in [-0.4, -0.2) is 9.97 Å². The van der Waals surface area contributed by atoms with Crippen LogP contribution in [0.4, 0.5) is 5.69 Å². The van der Waals surface area contributed by atoms with E-state index in [-0.39, 0.29) is 0 Å². The molecular formula is C10H8ClN3S. The van der Waals surface area contributed by atoms with Gasteiger partial charge in [-0.1, -0.05) is 23.4 Å². The predicted octanol–water partition coefficient (Wildman–Crippen LogP) is 2.86. The van der Waals surface area contributed by atoms with Gasteiger partial charge < -0.3 is 5.73 Å². The SMILES string of the molecule is Nc1ccnc(Sc2ccc(Cl)cn2)c1. The summed E-state index contributed by atoms with van der Waals surface area (Å²) in [5, 5.41) is 2.29. The van der Waals surface area contributed by atoms with E-state index in [4.69, 9.17) is 17.3 Å². The number of aromatic nitrogens is 2. The highest BCUT2D eigenvalue weighted by Gasteiger charge is 2.00. The van der Waals surface area contributed by atoms with Crippen LogP contribution >= 0.6 is 23.4 Å². The first-order valence-electron chi connectivity index (χ1n) is 4.25. The lowest BCUT2D eigenvalue weighted by Gasteiger charge is -2.00. The van der Waals surface area contributed by atoms with Gasteiger partial charge in [-0.2, -0.15) is 0 Å². The lowest BCUT2D eigenvalue weighted by molar-refractivity contribution is 1.09. The first-order chi connectivity index (χ1) is 7.24. The Kier molecular flexibility index (Phi) is 3.08. The fourth-order valence-corrected chi connectivity index (χ4v) is 1.89. The number of pyridine rings is 2. The molecule has 0 unspecified atom stereocenters. The minimum atomic E-state index is 0.625. The number of anilines is 1. The second-order valence-electron chi connectivity index (χ2n) is 2.84. The number of hydrogen-bond acceptors (Lipinski definition) is 4. The van der Waals surface area contributed by atoms with Gasteiger partial charge in [-0.05, 0) is 24.3 Å². The van der Waals surface area contributed by atoms with Crippen molar-refractivity contribution in [1.29, 1.82) is 0 Å². The number of rotatable bonds is 2. The monoisotopic (exact) mass is 237 g/mol. The van der Waals surface area contributed by atoms with Crippen LogP contribution < -0.4 is 5.73 Å². The predicted molar refractivity (Wildman–Crippen MR) is 62.0 cm³/mol. The molecule has 2 aromatic heterocycles. The summed E-state index contributed by atoms with van der Waals surface area (Å²) in [6, 6.07) is 7.20. The van der Waals surface area contributed by atoms with E-state index in [1.807, 2.05) is 6.07 Å².